The summed E-state index contributed by atoms with van der Waals surface area (Å²) in [5, 5.41) is 0. The highest BCUT2D eigenvalue weighted by atomic mass is 19.1. The molecule has 4 N–H and O–H groups in total. The van der Waals surface area contributed by atoms with Gasteiger partial charge in [0.2, 0.25) is 0 Å². The Kier molecular flexibility index (Phi) is 3.33. The Bertz CT molecular complexity index is 645. The first-order valence-corrected chi connectivity index (χ1v) is 5.29. The fourth-order valence-corrected chi connectivity index (χ4v) is 1.49. The Labute approximate surface area is 107 Å². The van der Waals surface area contributed by atoms with Gasteiger partial charge in [-0.3, -0.25) is 4.79 Å². The maximum absolute atomic E-state index is 13.4. The molecular weight excluding hydrogens is 254 g/mol. The monoisotopic (exact) mass is 264 g/mol. The first-order chi connectivity index (χ1) is 8.97. The third kappa shape index (κ3) is 2.79. The van der Waals surface area contributed by atoms with Crippen molar-refractivity contribution in [1.82, 2.24) is 0 Å². The van der Waals surface area contributed by atoms with Crippen molar-refractivity contribution in [1.29, 1.82) is 0 Å². The van der Waals surface area contributed by atoms with E-state index in [9.17, 15) is 13.6 Å². The summed E-state index contributed by atoms with van der Waals surface area (Å²) < 4.78 is 31.5. The number of carbonyl (C=O) groups is 1. The molecule has 2 aromatic carbocycles. The number of nitrogens with two attached hydrogens (primary N) is 2. The van der Waals surface area contributed by atoms with Crippen LogP contribution in [0.25, 0.3) is 0 Å². The van der Waals surface area contributed by atoms with Crippen LogP contribution >= 0.6 is 0 Å². The van der Waals surface area contributed by atoms with Gasteiger partial charge in [0.05, 0.1) is 5.56 Å². The standard InChI is InChI=1S/C13H10F2N2O2/c14-7-1-3-10(15)12(5-7)19-8-2-4-11(16)9(6-8)13(17)18/h1-6H,16H2,(H2,17,18). The van der Waals surface area contributed by atoms with E-state index in [2.05, 4.69) is 0 Å². The van der Waals surface area contributed by atoms with Crippen molar-refractivity contribution in [2.24, 2.45) is 5.73 Å². The fraction of sp³-hybridized carbons (Fsp3) is 0. The average Bonchev–Trinajstić information content (AvgIpc) is 2.36. The highest BCUT2D eigenvalue weighted by Gasteiger charge is 2.10. The second kappa shape index (κ2) is 4.93. The number of nitrogen functional groups attached to an aromatic ring is 1. The van der Waals surface area contributed by atoms with Gasteiger partial charge in [-0.15, -0.1) is 0 Å². The molecule has 0 aliphatic rings. The second-order valence-corrected chi connectivity index (χ2v) is 3.79. The maximum atomic E-state index is 13.4. The summed E-state index contributed by atoms with van der Waals surface area (Å²) in [5.74, 6) is -2.25. The van der Waals surface area contributed by atoms with Gasteiger partial charge in [0, 0.05) is 11.8 Å². The van der Waals surface area contributed by atoms with Crippen molar-refractivity contribution >= 4 is 11.6 Å². The van der Waals surface area contributed by atoms with Crippen LogP contribution in [0.4, 0.5) is 14.5 Å². The van der Waals surface area contributed by atoms with E-state index in [1.165, 1.54) is 18.2 Å². The lowest BCUT2D eigenvalue weighted by atomic mass is 10.1. The van der Waals surface area contributed by atoms with Gasteiger partial charge in [0.1, 0.15) is 11.6 Å². The van der Waals surface area contributed by atoms with Gasteiger partial charge in [-0.2, -0.15) is 0 Å². The molecule has 0 atom stereocenters. The van der Waals surface area contributed by atoms with Crippen LogP contribution in [0.1, 0.15) is 10.4 Å². The van der Waals surface area contributed by atoms with Crippen molar-refractivity contribution in [3.05, 3.63) is 53.6 Å². The van der Waals surface area contributed by atoms with Crippen molar-refractivity contribution in [2.75, 3.05) is 5.73 Å². The fourth-order valence-electron chi connectivity index (χ4n) is 1.49. The van der Waals surface area contributed by atoms with E-state index in [4.69, 9.17) is 16.2 Å². The molecule has 0 bridgehead atoms. The smallest absolute Gasteiger partial charge is 0.250 e. The predicted molar refractivity (Wildman–Crippen MR) is 65.8 cm³/mol. The number of rotatable bonds is 3. The zero-order valence-corrected chi connectivity index (χ0v) is 9.69. The summed E-state index contributed by atoms with van der Waals surface area (Å²) in [6.45, 7) is 0. The molecule has 0 aromatic heterocycles. The number of primary amides is 1. The highest BCUT2D eigenvalue weighted by Crippen LogP contribution is 2.27. The third-order valence-electron chi connectivity index (χ3n) is 2.41. The van der Waals surface area contributed by atoms with Crippen LogP contribution in [-0.2, 0) is 0 Å². The lowest BCUT2D eigenvalue weighted by molar-refractivity contribution is 0.100. The summed E-state index contributed by atoms with van der Waals surface area (Å²) in [6.07, 6.45) is 0. The third-order valence-corrected chi connectivity index (χ3v) is 2.41. The Morgan fingerprint density at radius 3 is 2.53 bits per heavy atom. The van der Waals surface area contributed by atoms with Crippen molar-refractivity contribution in [3.8, 4) is 11.5 Å². The van der Waals surface area contributed by atoms with Crippen LogP contribution < -0.4 is 16.2 Å². The molecule has 0 radical (unpaired) electrons. The van der Waals surface area contributed by atoms with Gasteiger partial charge in [0.25, 0.3) is 5.91 Å². The minimum absolute atomic E-state index is 0.0503. The molecule has 2 aromatic rings. The highest BCUT2D eigenvalue weighted by molar-refractivity contribution is 5.98. The first kappa shape index (κ1) is 12.8. The normalized spacial score (nSPS) is 10.2. The molecule has 0 fully saturated rings. The van der Waals surface area contributed by atoms with Crippen molar-refractivity contribution in [3.63, 3.8) is 0 Å². The number of hydrogen-bond donors (Lipinski definition) is 2. The average molecular weight is 264 g/mol. The Morgan fingerprint density at radius 1 is 1.11 bits per heavy atom. The molecule has 98 valence electrons. The molecule has 6 heteroatoms. The lowest BCUT2D eigenvalue weighted by Gasteiger charge is -2.09. The summed E-state index contributed by atoms with van der Waals surface area (Å²) in [5.41, 5.74) is 10.9. The molecule has 0 saturated heterocycles. The number of ether oxygens (including phenoxy) is 1. The lowest BCUT2D eigenvalue weighted by Crippen LogP contribution is -2.13. The molecule has 0 unspecified atom stereocenters. The number of amides is 1. The molecule has 0 aliphatic heterocycles. The van der Waals surface area contributed by atoms with Crippen LogP contribution in [0.15, 0.2) is 36.4 Å². The predicted octanol–water partition coefficient (Wildman–Crippen LogP) is 2.44. The summed E-state index contributed by atoms with van der Waals surface area (Å²) in [7, 11) is 0. The van der Waals surface area contributed by atoms with Crippen molar-refractivity contribution < 1.29 is 18.3 Å². The summed E-state index contributed by atoms with van der Waals surface area (Å²) in [6, 6.07) is 6.90. The molecule has 4 nitrogen and oxygen atoms in total. The minimum atomic E-state index is -0.734. The molecule has 1 amide bonds. The number of halogens is 2. The van der Waals surface area contributed by atoms with Gasteiger partial charge in [-0.1, -0.05) is 0 Å². The van der Waals surface area contributed by atoms with Gasteiger partial charge in [-0.05, 0) is 30.3 Å². The maximum Gasteiger partial charge on any atom is 0.250 e. The topological polar surface area (TPSA) is 78.3 Å². The SMILES string of the molecule is NC(=O)c1cc(Oc2cc(F)ccc2F)ccc1N. The van der Waals surface area contributed by atoms with E-state index in [1.807, 2.05) is 0 Å². The molecule has 0 saturated carbocycles. The van der Waals surface area contributed by atoms with Gasteiger partial charge >= 0.3 is 0 Å². The van der Waals surface area contributed by atoms with E-state index < -0.39 is 17.5 Å². The largest absolute Gasteiger partial charge is 0.454 e. The van der Waals surface area contributed by atoms with E-state index >= 15 is 0 Å². The van der Waals surface area contributed by atoms with Gasteiger partial charge in [-0.25, -0.2) is 8.78 Å². The van der Waals surface area contributed by atoms with E-state index in [1.54, 1.807) is 0 Å². The molecular formula is C13H10F2N2O2. The molecule has 0 spiro atoms. The number of hydrogen-bond acceptors (Lipinski definition) is 3. The van der Waals surface area contributed by atoms with E-state index in [0.29, 0.717) is 0 Å². The molecule has 0 heterocycles. The quantitative estimate of drug-likeness (QED) is 0.836. The zero-order valence-electron chi connectivity index (χ0n) is 9.69. The molecule has 2 rings (SSSR count). The second-order valence-electron chi connectivity index (χ2n) is 3.79. The van der Waals surface area contributed by atoms with Crippen LogP contribution in [0.3, 0.4) is 0 Å². The number of benzene rings is 2. The van der Waals surface area contributed by atoms with E-state index in [0.717, 1.165) is 18.2 Å². The summed E-state index contributed by atoms with van der Waals surface area (Å²) >= 11 is 0. The number of anilines is 1. The number of carbonyl (C=O) groups excluding carboxylic acids is 1. The summed E-state index contributed by atoms with van der Waals surface area (Å²) in [4.78, 5) is 11.1. The molecule has 19 heavy (non-hydrogen) atoms. The van der Waals surface area contributed by atoms with Gasteiger partial charge in [0.15, 0.2) is 11.6 Å². The van der Waals surface area contributed by atoms with Crippen molar-refractivity contribution in [2.45, 2.75) is 0 Å². The minimum Gasteiger partial charge on any atom is -0.454 e. The van der Waals surface area contributed by atoms with E-state index in [-0.39, 0.29) is 22.7 Å². The first-order valence-electron chi connectivity index (χ1n) is 5.29. The van der Waals surface area contributed by atoms with Crippen LogP contribution in [-0.4, -0.2) is 5.91 Å². The van der Waals surface area contributed by atoms with Crippen LogP contribution in [0.2, 0.25) is 0 Å². The van der Waals surface area contributed by atoms with Crippen LogP contribution in [0, 0.1) is 11.6 Å². The Morgan fingerprint density at radius 2 is 1.84 bits per heavy atom. The Balaban J connectivity index is 2.36. The van der Waals surface area contributed by atoms with Crippen LogP contribution in [0.5, 0.6) is 11.5 Å². The Hall–Kier alpha value is -2.63. The van der Waals surface area contributed by atoms with Gasteiger partial charge < -0.3 is 16.2 Å². The zero-order chi connectivity index (χ0) is 14.0. The molecule has 0 aliphatic carbocycles.